The Balaban J connectivity index is 2.25. The average molecular weight is 238 g/mol. The Morgan fingerprint density at radius 1 is 1.12 bits per heavy atom. The van der Waals surface area contributed by atoms with Crippen LogP contribution < -0.4 is 10.1 Å². The molecule has 0 heterocycles. The largest absolute Gasteiger partial charge is 0.493 e. The number of quaternary nitrogens is 1. The highest BCUT2D eigenvalue weighted by Gasteiger charge is 2.03. The Bertz CT molecular complexity index is 302. The van der Waals surface area contributed by atoms with Gasteiger partial charge in [-0.15, -0.1) is 0 Å². The van der Waals surface area contributed by atoms with E-state index in [0.29, 0.717) is 0 Å². The third kappa shape index (κ3) is 5.71. The average Bonchev–Trinajstić information content (AvgIpc) is 2.36. The summed E-state index contributed by atoms with van der Waals surface area (Å²) in [5.41, 5.74) is 1.27. The molecule has 0 bridgehead atoms. The van der Waals surface area contributed by atoms with E-state index in [0.717, 1.165) is 45.1 Å². The minimum atomic E-state index is 0.724. The van der Waals surface area contributed by atoms with Crippen LogP contribution in [-0.4, -0.2) is 26.4 Å². The van der Waals surface area contributed by atoms with Crippen LogP contribution in [0.2, 0.25) is 0 Å². The minimum Gasteiger partial charge on any atom is -0.493 e. The van der Waals surface area contributed by atoms with Gasteiger partial charge in [-0.05, 0) is 26.0 Å². The second-order valence-electron chi connectivity index (χ2n) is 3.87. The number of hydrogen-bond acceptors (Lipinski definition) is 2. The summed E-state index contributed by atoms with van der Waals surface area (Å²) in [5, 5.41) is 2.30. The van der Waals surface area contributed by atoms with E-state index >= 15 is 0 Å². The molecule has 0 fully saturated rings. The fraction of sp³-hybridized carbons (Fsp3) is 0.571. The van der Waals surface area contributed by atoms with Crippen molar-refractivity contribution in [3.63, 3.8) is 0 Å². The molecule has 0 saturated heterocycles. The van der Waals surface area contributed by atoms with Gasteiger partial charge in [-0.1, -0.05) is 12.1 Å². The first kappa shape index (κ1) is 14.0. The lowest BCUT2D eigenvalue weighted by Gasteiger charge is -2.09. The summed E-state index contributed by atoms with van der Waals surface area (Å²) in [5.74, 6) is 1.01. The smallest absolute Gasteiger partial charge is 0.128 e. The van der Waals surface area contributed by atoms with Crippen molar-refractivity contribution >= 4 is 0 Å². The number of nitrogens with two attached hydrogens (primary N) is 1. The van der Waals surface area contributed by atoms with Crippen LogP contribution in [0.5, 0.6) is 5.75 Å². The van der Waals surface area contributed by atoms with Gasteiger partial charge in [-0.25, -0.2) is 0 Å². The van der Waals surface area contributed by atoms with Gasteiger partial charge in [-0.3, -0.25) is 0 Å². The summed E-state index contributed by atoms with van der Waals surface area (Å²) in [6.07, 6.45) is 1.10. The maximum atomic E-state index is 5.59. The summed E-state index contributed by atoms with van der Waals surface area (Å²) in [4.78, 5) is 0. The summed E-state index contributed by atoms with van der Waals surface area (Å²) in [6, 6.07) is 8.24. The monoisotopic (exact) mass is 238 g/mol. The van der Waals surface area contributed by atoms with Gasteiger partial charge in [0.2, 0.25) is 0 Å². The predicted molar refractivity (Wildman–Crippen MR) is 69.2 cm³/mol. The fourth-order valence-electron chi connectivity index (χ4n) is 1.70. The highest BCUT2D eigenvalue weighted by atomic mass is 16.5. The lowest BCUT2D eigenvalue weighted by molar-refractivity contribution is -0.671. The molecule has 0 unspecified atom stereocenters. The van der Waals surface area contributed by atoms with Crippen LogP contribution in [-0.2, 0) is 11.3 Å². The number of rotatable bonds is 9. The fourth-order valence-corrected chi connectivity index (χ4v) is 1.70. The maximum absolute atomic E-state index is 5.59. The molecule has 0 atom stereocenters. The van der Waals surface area contributed by atoms with Crippen molar-refractivity contribution in [2.24, 2.45) is 0 Å². The van der Waals surface area contributed by atoms with E-state index < -0.39 is 0 Å². The van der Waals surface area contributed by atoms with Crippen molar-refractivity contribution in [1.82, 2.24) is 0 Å². The molecule has 1 aromatic carbocycles. The van der Waals surface area contributed by atoms with Crippen molar-refractivity contribution in [3.05, 3.63) is 29.8 Å². The third-order valence-electron chi connectivity index (χ3n) is 2.54. The van der Waals surface area contributed by atoms with Gasteiger partial charge in [0.25, 0.3) is 0 Å². The molecule has 2 N–H and O–H groups in total. The first-order chi connectivity index (χ1) is 8.38. The van der Waals surface area contributed by atoms with Gasteiger partial charge in [0.05, 0.1) is 19.8 Å². The van der Waals surface area contributed by atoms with Crippen LogP contribution in [0.4, 0.5) is 0 Å². The van der Waals surface area contributed by atoms with Crippen molar-refractivity contribution < 1.29 is 14.8 Å². The van der Waals surface area contributed by atoms with Gasteiger partial charge in [0.15, 0.2) is 0 Å². The molecule has 1 rings (SSSR count). The molecule has 3 nitrogen and oxygen atoms in total. The van der Waals surface area contributed by atoms with Crippen LogP contribution in [0.15, 0.2) is 24.3 Å². The first-order valence-electron chi connectivity index (χ1n) is 6.48. The zero-order valence-corrected chi connectivity index (χ0v) is 10.9. The summed E-state index contributed by atoms with van der Waals surface area (Å²) in [6.45, 7) is 8.52. The van der Waals surface area contributed by atoms with Gasteiger partial charge < -0.3 is 14.8 Å². The Morgan fingerprint density at radius 2 is 1.94 bits per heavy atom. The molecule has 0 aromatic heterocycles. The van der Waals surface area contributed by atoms with Crippen molar-refractivity contribution in [2.75, 3.05) is 26.4 Å². The van der Waals surface area contributed by atoms with Crippen LogP contribution >= 0.6 is 0 Å². The summed E-state index contributed by atoms with van der Waals surface area (Å²) < 4.78 is 10.9. The van der Waals surface area contributed by atoms with Crippen molar-refractivity contribution in [3.8, 4) is 5.75 Å². The van der Waals surface area contributed by atoms with E-state index in [2.05, 4.69) is 17.4 Å². The molecular weight excluding hydrogens is 214 g/mol. The predicted octanol–water partition coefficient (Wildman–Crippen LogP) is 1.58. The summed E-state index contributed by atoms with van der Waals surface area (Å²) >= 11 is 0. The number of ether oxygens (including phenoxy) is 2. The van der Waals surface area contributed by atoms with E-state index in [9.17, 15) is 0 Å². The summed E-state index contributed by atoms with van der Waals surface area (Å²) in [7, 11) is 0. The molecule has 1 aromatic rings. The van der Waals surface area contributed by atoms with E-state index in [-0.39, 0.29) is 0 Å². The number of hydrogen-bond donors (Lipinski definition) is 1. The van der Waals surface area contributed by atoms with Gasteiger partial charge in [0, 0.05) is 18.6 Å². The molecule has 3 heteroatoms. The van der Waals surface area contributed by atoms with Gasteiger partial charge in [-0.2, -0.15) is 0 Å². The normalized spacial score (nSPS) is 10.5. The van der Waals surface area contributed by atoms with Crippen LogP contribution in [0.3, 0.4) is 0 Å². The first-order valence-corrected chi connectivity index (χ1v) is 6.48. The Hall–Kier alpha value is -1.06. The number of para-hydroxylation sites is 1. The molecule has 0 amide bonds. The topological polar surface area (TPSA) is 35.1 Å². The molecule has 0 spiro atoms. The number of benzene rings is 1. The lowest BCUT2D eigenvalue weighted by Crippen LogP contribution is -2.82. The van der Waals surface area contributed by atoms with Crippen molar-refractivity contribution in [2.45, 2.75) is 26.8 Å². The standard InChI is InChI=1S/C14H23NO2/c1-3-16-11-7-10-15-12-13-8-5-6-9-14(13)17-4-2/h5-6,8-9,15H,3-4,7,10-12H2,1-2H3/p+1. The lowest BCUT2D eigenvalue weighted by atomic mass is 10.2. The molecule has 0 radical (unpaired) electrons. The Kier molecular flexibility index (Phi) is 7.43. The van der Waals surface area contributed by atoms with E-state index in [1.807, 2.05) is 26.0 Å². The minimum absolute atomic E-state index is 0.724. The molecule has 0 saturated carbocycles. The highest BCUT2D eigenvalue weighted by molar-refractivity contribution is 5.32. The van der Waals surface area contributed by atoms with E-state index in [4.69, 9.17) is 9.47 Å². The van der Waals surface area contributed by atoms with Gasteiger partial charge in [0.1, 0.15) is 12.3 Å². The second kappa shape index (κ2) is 9.02. The molecule has 17 heavy (non-hydrogen) atoms. The Morgan fingerprint density at radius 3 is 2.71 bits per heavy atom. The maximum Gasteiger partial charge on any atom is 0.128 e. The van der Waals surface area contributed by atoms with Crippen LogP contribution in [0.25, 0.3) is 0 Å². The zero-order chi connectivity index (χ0) is 12.3. The van der Waals surface area contributed by atoms with E-state index in [1.165, 1.54) is 5.56 Å². The quantitative estimate of drug-likeness (QED) is 0.663. The third-order valence-corrected chi connectivity index (χ3v) is 2.54. The second-order valence-corrected chi connectivity index (χ2v) is 3.87. The van der Waals surface area contributed by atoms with Crippen molar-refractivity contribution in [1.29, 1.82) is 0 Å². The Labute approximate surface area is 104 Å². The zero-order valence-electron chi connectivity index (χ0n) is 10.9. The molecule has 0 aliphatic heterocycles. The van der Waals surface area contributed by atoms with Crippen LogP contribution in [0, 0.1) is 0 Å². The molecule has 96 valence electrons. The van der Waals surface area contributed by atoms with E-state index in [1.54, 1.807) is 0 Å². The van der Waals surface area contributed by atoms with Crippen LogP contribution in [0.1, 0.15) is 25.8 Å². The SMILES string of the molecule is CCOCCC[NH2+]Cc1ccccc1OCC. The molecule has 0 aliphatic rings. The molecular formula is C14H24NO2+. The highest BCUT2D eigenvalue weighted by Crippen LogP contribution is 2.16. The van der Waals surface area contributed by atoms with Gasteiger partial charge >= 0.3 is 0 Å². The molecule has 0 aliphatic carbocycles.